The highest BCUT2D eigenvalue weighted by atomic mass is 32.2. The smallest absolute Gasteiger partial charge is 0.167 e. The molecule has 1 atom stereocenters. The summed E-state index contributed by atoms with van der Waals surface area (Å²) >= 11 is 7.17. The third kappa shape index (κ3) is 4.53. The van der Waals surface area contributed by atoms with E-state index in [9.17, 15) is 0 Å². The van der Waals surface area contributed by atoms with Crippen molar-refractivity contribution >= 4 is 34.8 Å². The fourth-order valence-corrected chi connectivity index (χ4v) is 5.97. The van der Waals surface area contributed by atoms with Gasteiger partial charge in [-0.05, 0) is 37.3 Å². The predicted octanol–water partition coefficient (Wildman–Crippen LogP) is 3.35. The van der Waals surface area contributed by atoms with Gasteiger partial charge >= 0.3 is 0 Å². The molecule has 0 radical (unpaired) electrons. The summed E-state index contributed by atoms with van der Waals surface area (Å²) in [5.74, 6) is 1.94. The second-order valence-electron chi connectivity index (χ2n) is 7.83. The van der Waals surface area contributed by atoms with Crippen LogP contribution in [0.15, 0.2) is 54.6 Å². The first-order chi connectivity index (χ1) is 14.6. The zero-order valence-corrected chi connectivity index (χ0v) is 19.1. The van der Waals surface area contributed by atoms with Crippen molar-refractivity contribution in [2.24, 2.45) is 5.73 Å². The number of nitrogens with zero attached hydrogens (tertiary/aromatic N) is 3. The molecule has 1 unspecified atom stereocenters. The molecule has 0 aliphatic carbocycles. The maximum absolute atomic E-state index is 6.28. The number of hydrogen-bond acceptors (Lipinski definition) is 5. The summed E-state index contributed by atoms with van der Waals surface area (Å²) in [4.78, 5) is 6.77. The number of thioether (sulfide) groups is 1. The van der Waals surface area contributed by atoms with Crippen LogP contribution in [0.5, 0.6) is 5.75 Å². The summed E-state index contributed by atoms with van der Waals surface area (Å²) in [6.07, 6.45) is 0. The number of rotatable bonds is 6. The van der Waals surface area contributed by atoms with E-state index in [1.54, 1.807) is 0 Å². The summed E-state index contributed by atoms with van der Waals surface area (Å²) < 4.78 is 6.28. The molecule has 4 rings (SSSR count). The Kier molecular flexibility index (Phi) is 6.71. The van der Waals surface area contributed by atoms with Crippen LogP contribution in [0.2, 0.25) is 0 Å². The van der Waals surface area contributed by atoms with Crippen LogP contribution >= 0.6 is 24.0 Å². The van der Waals surface area contributed by atoms with Gasteiger partial charge in [-0.15, -0.1) is 11.8 Å². The topological polar surface area (TPSA) is 45.0 Å². The number of para-hydroxylation sites is 2. The van der Waals surface area contributed by atoms with E-state index in [4.69, 9.17) is 22.7 Å². The molecule has 2 aliphatic rings. The third-order valence-electron chi connectivity index (χ3n) is 6.02. The number of piperazine rings is 1. The van der Waals surface area contributed by atoms with Crippen molar-refractivity contribution in [3.8, 4) is 5.75 Å². The lowest BCUT2D eigenvalue weighted by Gasteiger charge is -2.37. The van der Waals surface area contributed by atoms with Crippen LogP contribution < -0.4 is 15.4 Å². The largest absolute Gasteiger partial charge is 0.492 e. The molecule has 2 aliphatic heterocycles. The molecule has 2 aromatic rings. The van der Waals surface area contributed by atoms with Crippen LogP contribution in [0.1, 0.15) is 12.5 Å². The van der Waals surface area contributed by atoms with E-state index in [0.29, 0.717) is 11.7 Å². The molecule has 2 aromatic carbocycles. The van der Waals surface area contributed by atoms with Crippen LogP contribution in [0.4, 0.5) is 5.69 Å². The molecule has 0 aromatic heterocycles. The van der Waals surface area contributed by atoms with Crippen molar-refractivity contribution in [2.45, 2.75) is 11.8 Å². The molecule has 2 N–H and O–H groups in total. The van der Waals surface area contributed by atoms with Crippen molar-refractivity contribution in [1.82, 2.24) is 9.80 Å². The normalized spacial score (nSPS) is 22.3. The first-order valence-corrected chi connectivity index (χ1v) is 11.9. The number of benzene rings is 2. The van der Waals surface area contributed by atoms with Crippen molar-refractivity contribution in [1.29, 1.82) is 0 Å². The number of hydrogen-bond donors (Lipinski definition) is 1. The molecule has 30 heavy (non-hydrogen) atoms. The van der Waals surface area contributed by atoms with Crippen LogP contribution in [0.3, 0.4) is 0 Å². The first kappa shape index (κ1) is 21.3. The van der Waals surface area contributed by atoms with Crippen molar-refractivity contribution in [3.05, 3.63) is 60.2 Å². The average molecular weight is 443 g/mol. The molecular weight excluding hydrogens is 412 g/mol. The zero-order valence-electron chi connectivity index (χ0n) is 17.5. The van der Waals surface area contributed by atoms with Gasteiger partial charge in [-0.3, -0.25) is 4.90 Å². The quantitative estimate of drug-likeness (QED) is 0.688. The van der Waals surface area contributed by atoms with E-state index < -0.39 is 0 Å². The monoisotopic (exact) mass is 442 g/mol. The maximum Gasteiger partial charge on any atom is 0.167 e. The molecular formula is C23H30N4OS2. The maximum atomic E-state index is 6.28. The summed E-state index contributed by atoms with van der Waals surface area (Å²) in [5, 5.41) is 0.452. The van der Waals surface area contributed by atoms with Gasteiger partial charge in [-0.2, -0.15) is 0 Å². The van der Waals surface area contributed by atoms with Gasteiger partial charge < -0.3 is 20.3 Å². The van der Waals surface area contributed by atoms with Crippen LogP contribution in [0, 0.1) is 0 Å². The minimum atomic E-state index is -0.274. The second-order valence-corrected chi connectivity index (χ2v) is 9.74. The summed E-state index contributed by atoms with van der Waals surface area (Å²) in [7, 11) is 0. The van der Waals surface area contributed by atoms with Crippen LogP contribution in [-0.2, 0) is 4.87 Å². The molecule has 0 spiro atoms. The number of nitrogens with two attached hydrogens (primary N) is 1. The van der Waals surface area contributed by atoms with Gasteiger partial charge in [0.1, 0.15) is 17.2 Å². The molecule has 2 saturated heterocycles. The lowest BCUT2D eigenvalue weighted by atomic mass is 10.1. The van der Waals surface area contributed by atoms with Crippen LogP contribution in [-0.4, -0.2) is 66.5 Å². The van der Waals surface area contributed by atoms with Crippen LogP contribution in [0.25, 0.3) is 0 Å². The predicted molar refractivity (Wildman–Crippen MR) is 130 cm³/mol. The number of ether oxygens (including phenoxy) is 1. The van der Waals surface area contributed by atoms with E-state index in [1.807, 2.05) is 17.8 Å². The fraction of sp³-hybridized carbons (Fsp3) is 0.435. The van der Waals surface area contributed by atoms with E-state index in [-0.39, 0.29) is 4.87 Å². The summed E-state index contributed by atoms with van der Waals surface area (Å²) in [6, 6.07) is 18.9. The zero-order chi connectivity index (χ0) is 21.0. The third-order valence-corrected chi connectivity index (χ3v) is 7.63. The molecule has 2 fully saturated rings. The minimum Gasteiger partial charge on any atom is -0.492 e. The Morgan fingerprint density at radius 3 is 2.47 bits per heavy atom. The fourth-order valence-electron chi connectivity index (χ4n) is 4.30. The molecule has 0 bridgehead atoms. The molecule has 0 amide bonds. The SMILES string of the molecule is CC1(c2ccccc2OCCN2CCN(c3ccccc3)CC2)SCCN1C(N)=S. The number of thiocarbonyl (C=S) groups is 1. The Morgan fingerprint density at radius 1 is 1.03 bits per heavy atom. The van der Waals surface area contributed by atoms with Gasteiger partial charge in [0.2, 0.25) is 0 Å². The minimum absolute atomic E-state index is 0.274. The molecule has 160 valence electrons. The van der Waals surface area contributed by atoms with Crippen molar-refractivity contribution in [3.63, 3.8) is 0 Å². The van der Waals surface area contributed by atoms with Gasteiger partial charge in [-0.25, -0.2) is 0 Å². The Morgan fingerprint density at radius 2 is 1.73 bits per heavy atom. The van der Waals surface area contributed by atoms with E-state index >= 15 is 0 Å². The van der Waals surface area contributed by atoms with Gasteiger partial charge in [0.05, 0.1) is 0 Å². The van der Waals surface area contributed by atoms with Crippen molar-refractivity contribution < 1.29 is 4.74 Å². The molecule has 0 saturated carbocycles. The highest BCUT2D eigenvalue weighted by Crippen LogP contribution is 2.47. The van der Waals surface area contributed by atoms with E-state index in [1.165, 1.54) is 5.69 Å². The summed E-state index contributed by atoms with van der Waals surface area (Å²) in [6.45, 7) is 8.89. The van der Waals surface area contributed by atoms with Crippen molar-refractivity contribution in [2.75, 3.05) is 56.5 Å². The molecule has 7 heteroatoms. The first-order valence-electron chi connectivity index (χ1n) is 10.5. The lowest BCUT2D eigenvalue weighted by molar-refractivity contribution is 0.197. The van der Waals surface area contributed by atoms with Gasteiger partial charge in [-0.1, -0.05) is 36.4 Å². The molecule has 2 heterocycles. The summed E-state index contributed by atoms with van der Waals surface area (Å²) in [5.41, 5.74) is 8.46. The second kappa shape index (κ2) is 9.45. The van der Waals surface area contributed by atoms with E-state index in [0.717, 1.165) is 56.3 Å². The Labute approximate surface area is 189 Å². The van der Waals surface area contributed by atoms with Gasteiger partial charge in [0.15, 0.2) is 5.11 Å². The Bertz CT molecular complexity index is 857. The number of anilines is 1. The Hall–Kier alpha value is -1.96. The highest BCUT2D eigenvalue weighted by molar-refractivity contribution is 8.00. The Balaban J connectivity index is 1.33. The standard InChI is InChI=1S/C23H30N4OS2/c1-23(27(22(24)29)16-18-30-23)20-9-5-6-10-21(20)28-17-15-25-11-13-26(14-12-25)19-7-3-2-4-8-19/h2-10H,11-18H2,1H3,(H2,24,29). The van der Waals surface area contributed by atoms with Gasteiger partial charge in [0, 0.05) is 56.3 Å². The highest BCUT2D eigenvalue weighted by Gasteiger charge is 2.41. The molecule has 5 nitrogen and oxygen atoms in total. The van der Waals surface area contributed by atoms with Gasteiger partial charge in [0.25, 0.3) is 0 Å². The average Bonchev–Trinajstić information content (AvgIpc) is 3.18. The van der Waals surface area contributed by atoms with E-state index in [2.05, 4.69) is 70.2 Å². The lowest BCUT2D eigenvalue weighted by Crippen LogP contribution is -2.47.